The number of hydrogen-bond donors (Lipinski definition) is 2. The molecule has 104 valence electrons. The van der Waals surface area contributed by atoms with E-state index in [4.69, 9.17) is 23.2 Å². The Balaban J connectivity index is 1.97. The minimum absolute atomic E-state index is 0.141. The molecule has 1 aromatic carbocycles. The number of rotatable bonds is 3. The normalized spacial score (nSPS) is 23.1. The molecule has 19 heavy (non-hydrogen) atoms. The number of carbonyl (C=O) groups is 1. The number of benzene rings is 1. The maximum atomic E-state index is 12.0. The molecule has 3 nitrogen and oxygen atoms in total. The second-order valence-electron chi connectivity index (χ2n) is 4.90. The Labute approximate surface area is 122 Å². The van der Waals surface area contributed by atoms with Gasteiger partial charge in [0, 0.05) is 10.0 Å². The standard InChI is InChI=1S/C14H17Cl2NO2/c15-10-4-3-5-11(16)9(10)8-14(19)17-12-6-1-2-7-13(12)18/h3-5,12-13,18H,1-2,6-8H2,(H,17,19)/t12-,13-/m0/s1. The smallest absolute Gasteiger partial charge is 0.224 e. The fourth-order valence-corrected chi connectivity index (χ4v) is 2.93. The van der Waals surface area contributed by atoms with Crippen molar-refractivity contribution in [3.63, 3.8) is 0 Å². The largest absolute Gasteiger partial charge is 0.391 e. The van der Waals surface area contributed by atoms with E-state index in [1.807, 2.05) is 0 Å². The zero-order chi connectivity index (χ0) is 13.8. The number of aliphatic hydroxyl groups is 1. The van der Waals surface area contributed by atoms with E-state index in [2.05, 4.69) is 5.32 Å². The summed E-state index contributed by atoms with van der Waals surface area (Å²) in [6.45, 7) is 0. The first kappa shape index (κ1) is 14.6. The van der Waals surface area contributed by atoms with Crippen LogP contribution < -0.4 is 5.32 Å². The van der Waals surface area contributed by atoms with E-state index in [1.165, 1.54) is 0 Å². The van der Waals surface area contributed by atoms with Crippen LogP contribution >= 0.6 is 23.2 Å². The number of aliphatic hydroxyl groups excluding tert-OH is 1. The van der Waals surface area contributed by atoms with Gasteiger partial charge in [0.05, 0.1) is 18.6 Å². The van der Waals surface area contributed by atoms with E-state index in [0.717, 1.165) is 25.7 Å². The molecule has 1 saturated carbocycles. The van der Waals surface area contributed by atoms with Gasteiger partial charge in [-0.25, -0.2) is 0 Å². The molecule has 2 atom stereocenters. The molecule has 1 aliphatic carbocycles. The van der Waals surface area contributed by atoms with Gasteiger partial charge in [-0.3, -0.25) is 4.79 Å². The lowest BCUT2D eigenvalue weighted by Gasteiger charge is -2.28. The molecule has 2 N–H and O–H groups in total. The van der Waals surface area contributed by atoms with Crippen LogP contribution in [0.3, 0.4) is 0 Å². The zero-order valence-corrected chi connectivity index (χ0v) is 12.0. The van der Waals surface area contributed by atoms with E-state index >= 15 is 0 Å². The van der Waals surface area contributed by atoms with Crippen LogP contribution in [0.2, 0.25) is 10.0 Å². The second-order valence-corrected chi connectivity index (χ2v) is 5.72. The molecule has 1 fully saturated rings. The van der Waals surface area contributed by atoms with Gasteiger partial charge < -0.3 is 10.4 Å². The highest BCUT2D eigenvalue weighted by atomic mass is 35.5. The molecule has 2 rings (SSSR count). The number of amides is 1. The maximum Gasteiger partial charge on any atom is 0.224 e. The second kappa shape index (κ2) is 6.60. The van der Waals surface area contributed by atoms with Crippen LogP contribution in [0.1, 0.15) is 31.2 Å². The summed E-state index contributed by atoms with van der Waals surface area (Å²) < 4.78 is 0. The van der Waals surface area contributed by atoms with Gasteiger partial charge in [0.2, 0.25) is 5.91 Å². The lowest BCUT2D eigenvalue weighted by atomic mass is 9.92. The van der Waals surface area contributed by atoms with Gasteiger partial charge in [-0.15, -0.1) is 0 Å². The lowest BCUT2D eigenvalue weighted by molar-refractivity contribution is -0.122. The SMILES string of the molecule is O=C(Cc1c(Cl)cccc1Cl)N[C@H]1CCCC[C@@H]1O. The zero-order valence-electron chi connectivity index (χ0n) is 10.5. The highest BCUT2D eigenvalue weighted by molar-refractivity contribution is 6.36. The molecular weight excluding hydrogens is 285 g/mol. The van der Waals surface area contributed by atoms with Gasteiger partial charge in [-0.05, 0) is 30.5 Å². The van der Waals surface area contributed by atoms with Gasteiger partial charge in [-0.1, -0.05) is 42.1 Å². The van der Waals surface area contributed by atoms with Crippen molar-refractivity contribution in [2.24, 2.45) is 0 Å². The molecule has 0 saturated heterocycles. The van der Waals surface area contributed by atoms with Gasteiger partial charge in [0.25, 0.3) is 0 Å². The van der Waals surface area contributed by atoms with E-state index in [9.17, 15) is 9.90 Å². The highest BCUT2D eigenvalue weighted by Crippen LogP contribution is 2.25. The summed E-state index contributed by atoms with van der Waals surface area (Å²) in [5, 5.41) is 13.7. The first-order valence-corrected chi connectivity index (χ1v) is 7.24. The summed E-state index contributed by atoms with van der Waals surface area (Å²) in [5.41, 5.74) is 0.633. The van der Waals surface area contributed by atoms with Gasteiger partial charge in [-0.2, -0.15) is 0 Å². The molecule has 0 aromatic heterocycles. The van der Waals surface area contributed by atoms with Crippen molar-refractivity contribution < 1.29 is 9.90 Å². The van der Waals surface area contributed by atoms with Crippen molar-refractivity contribution in [3.8, 4) is 0 Å². The van der Waals surface area contributed by atoms with Crippen molar-refractivity contribution in [2.45, 2.75) is 44.2 Å². The van der Waals surface area contributed by atoms with Crippen LogP contribution in [0.4, 0.5) is 0 Å². The third-order valence-electron chi connectivity index (χ3n) is 3.47. The summed E-state index contributed by atoms with van der Waals surface area (Å²) in [7, 11) is 0. The quantitative estimate of drug-likeness (QED) is 0.902. The van der Waals surface area contributed by atoms with Crippen molar-refractivity contribution in [1.82, 2.24) is 5.32 Å². The van der Waals surface area contributed by atoms with Gasteiger partial charge >= 0.3 is 0 Å². The Kier molecular flexibility index (Phi) is 5.08. The molecule has 0 unspecified atom stereocenters. The van der Waals surface area contributed by atoms with Crippen LogP contribution in [0.5, 0.6) is 0 Å². The van der Waals surface area contributed by atoms with Crippen LogP contribution in [-0.2, 0) is 11.2 Å². The van der Waals surface area contributed by atoms with Crippen LogP contribution in [-0.4, -0.2) is 23.2 Å². The van der Waals surface area contributed by atoms with Gasteiger partial charge in [0.15, 0.2) is 0 Å². The predicted octanol–water partition coefficient (Wildman–Crippen LogP) is 2.96. The number of hydrogen-bond acceptors (Lipinski definition) is 2. The first-order chi connectivity index (χ1) is 9.08. The maximum absolute atomic E-state index is 12.0. The van der Waals surface area contributed by atoms with E-state index in [-0.39, 0.29) is 18.4 Å². The molecule has 1 amide bonds. The molecule has 0 spiro atoms. The predicted molar refractivity (Wildman–Crippen MR) is 76.6 cm³/mol. The van der Waals surface area contributed by atoms with E-state index < -0.39 is 6.10 Å². The number of nitrogens with one attached hydrogen (secondary N) is 1. The van der Waals surface area contributed by atoms with Crippen LogP contribution in [0, 0.1) is 0 Å². The summed E-state index contributed by atoms with van der Waals surface area (Å²) in [4.78, 5) is 12.0. The third kappa shape index (κ3) is 3.85. The first-order valence-electron chi connectivity index (χ1n) is 6.48. The Morgan fingerprint density at radius 3 is 2.53 bits per heavy atom. The molecule has 0 bridgehead atoms. The molecule has 0 aliphatic heterocycles. The van der Waals surface area contributed by atoms with Crippen molar-refractivity contribution in [3.05, 3.63) is 33.8 Å². The molecule has 0 heterocycles. The molecule has 5 heteroatoms. The monoisotopic (exact) mass is 301 g/mol. The minimum atomic E-state index is -0.445. The molecule has 1 aliphatic rings. The fourth-order valence-electron chi connectivity index (χ4n) is 2.40. The Morgan fingerprint density at radius 1 is 1.26 bits per heavy atom. The summed E-state index contributed by atoms with van der Waals surface area (Å²) in [6.07, 6.45) is 3.32. The Hall–Kier alpha value is -0.770. The summed E-state index contributed by atoms with van der Waals surface area (Å²) in [6, 6.07) is 5.02. The van der Waals surface area contributed by atoms with Gasteiger partial charge in [0.1, 0.15) is 0 Å². The summed E-state index contributed by atoms with van der Waals surface area (Å²) >= 11 is 12.1. The topological polar surface area (TPSA) is 49.3 Å². The minimum Gasteiger partial charge on any atom is -0.391 e. The number of halogens is 2. The Bertz CT molecular complexity index is 445. The third-order valence-corrected chi connectivity index (χ3v) is 4.18. The molecular formula is C14H17Cl2NO2. The molecule has 0 radical (unpaired) electrons. The van der Waals surface area contributed by atoms with E-state index in [1.54, 1.807) is 18.2 Å². The Morgan fingerprint density at radius 2 is 1.89 bits per heavy atom. The van der Waals surface area contributed by atoms with Crippen molar-refractivity contribution in [1.29, 1.82) is 0 Å². The average molecular weight is 302 g/mol. The fraction of sp³-hybridized carbons (Fsp3) is 0.500. The van der Waals surface area contributed by atoms with Crippen molar-refractivity contribution in [2.75, 3.05) is 0 Å². The van der Waals surface area contributed by atoms with Crippen LogP contribution in [0.15, 0.2) is 18.2 Å². The summed E-state index contributed by atoms with van der Waals surface area (Å²) in [5.74, 6) is -0.152. The highest BCUT2D eigenvalue weighted by Gasteiger charge is 2.24. The van der Waals surface area contributed by atoms with E-state index in [0.29, 0.717) is 15.6 Å². The van der Waals surface area contributed by atoms with Crippen LogP contribution in [0.25, 0.3) is 0 Å². The molecule has 1 aromatic rings. The number of carbonyl (C=O) groups excluding carboxylic acids is 1. The lowest BCUT2D eigenvalue weighted by Crippen LogP contribution is -2.45. The van der Waals surface area contributed by atoms with Crippen molar-refractivity contribution >= 4 is 29.1 Å². The average Bonchev–Trinajstić information content (AvgIpc) is 2.37.